The number of benzene rings is 1. The van der Waals surface area contributed by atoms with Crippen LogP contribution in [0.5, 0.6) is 0 Å². The number of nitrogens with zero attached hydrogens (tertiary/aromatic N) is 3. The Labute approximate surface area is 159 Å². The van der Waals surface area contributed by atoms with Gasteiger partial charge < -0.3 is 5.32 Å². The second-order valence-corrected chi connectivity index (χ2v) is 6.99. The molecule has 5 nitrogen and oxygen atoms in total. The summed E-state index contributed by atoms with van der Waals surface area (Å²) >= 11 is 0. The van der Waals surface area contributed by atoms with Crippen LogP contribution in [0.4, 0.5) is 0 Å². The van der Waals surface area contributed by atoms with Gasteiger partial charge in [0.25, 0.3) is 5.91 Å². The molecule has 138 valence electrons. The van der Waals surface area contributed by atoms with Gasteiger partial charge in [0.05, 0.1) is 12.2 Å². The summed E-state index contributed by atoms with van der Waals surface area (Å²) in [7, 11) is 0. The van der Waals surface area contributed by atoms with Gasteiger partial charge in [-0.1, -0.05) is 24.3 Å². The molecule has 5 heteroatoms. The van der Waals surface area contributed by atoms with Crippen LogP contribution in [0.2, 0.25) is 0 Å². The number of rotatable bonds is 5. The van der Waals surface area contributed by atoms with E-state index in [-0.39, 0.29) is 5.91 Å². The van der Waals surface area contributed by atoms with Crippen LogP contribution in [0.15, 0.2) is 48.7 Å². The first-order valence-corrected chi connectivity index (χ1v) is 9.58. The Kier molecular flexibility index (Phi) is 5.01. The van der Waals surface area contributed by atoms with E-state index in [9.17, 15) is 4.79 Å². The van der Waals surface area contributed by atoms with Gasteiger partial charge in [-0.3, -0.25) is 14.5 Å². The summed E-state index contributed by atoms with van der Waals surface area (Å²) in [6, 6.07) is 13.6. The number of hydrogen-bond acceptors (Lipinski definition) is 3. The predicted molar refractivity (Wildman–Crippen MR) is 106 cm³/mol. The van der Waals surface area contributed by atoms with Crippen molar-refractivity contribution >= 4 is 5.91 Å². The molecule has 4 rings (SSSR count). The van der Waals surface area contributed by atoms with E-state index < -0.39 is 0 Å². The maximum atomic E-state index is 12.4. The van der Waals surface area contributed by atoms with E-state index in [4.69, 9.17) is 5.10 Å². The molecule has 1 aromatic carbocycles. The molecular formula is C22H24N4O. The van der Waals surface area contributed by atoms with Crippen molar-refractivity contribution in [3.05, 3.63) is 71.0 Å². The zero-order valence-corrected chi connectivity index (χ0v) is 15.6. The Morgan fingerprint density at radius 2 is 1.93 bits per heavy atom. The van der Waals surface area contributed by atoms with Crippen LogP contribution < -0.4 is 5.32 Å². The van der Waals surface area contributed by atoms with Gasteiger partial charge in [-0.25, -0.2) is 0 Å². The highest BCUT2D eigenvalue weighted by Crippen LogP contribution is 2.30. The molecule has 0 spiro atoms. The SMILES string of the molecule is Cc1ccccc1C(=O)NCCn1nc(-c2ccccn2)c2c1CCCC2. The molecule has 0 fully saturated rings. The van der Waals surface area contributed by atoms with E-state index in [2.05, 4.69) is 15.0 Å². The summed E-state index contributed by atoms with van der Waals surface area (Å²) < 4.78 is 2.07. The van der Waals surface area contributed by atoms with Crippen molar-refractivity contribution in [1.82, 2.24) is 20.1 Å². The summed E-state index contributed by atoms with van der Waals surface area (Å²) in [6.07, 6.45) is 6.29. The van der Waals surface area contributed by atoms with Crippen LogP contribution in [0, 0.1) is 6.92 Å². The van der Waals surface area contributed by atoms with Crippen molar-refractivity contribution in [3.63, 3.8) is 0 Å². The van der Waals surface area contributed by atoms with Crippen LogP contribution in [0.3, 0.4) is 0 Å². The lowest BCUT2D eigenvalue weighted by molar-refractivity contribution is 0.0951. The number of amides is 1. The molecule has 0 unspecified atom stereocenters. The molecule has 1 aliphatic rings. The number of fused-ring (bicyclic) bond motifs is 1. The minimum Gasteiger partial charge on any atom is -0.350 e. The standard InChI is InChI=1S/C22H24N4O/c1-16-8-2-3-9-17(16)22(27)24-14-15-26-20-12-5-4-10-18(20)21(25-26)19-11-6-7-13-23-19/h2-3,6-9,11,13H,4-5,10,12,14-15H2,1H3,(H,24,27). The van der Waals surface area contributed by atoms with Crippen molar-refractivity contribution in [1.29, 1.82) is 0 Å². The fourth-order valence-electron chi connectivity index (χ4n) is 3.76. The Balaban J connectivity index is 1.50. The molecule has 0 saturated heterocycles. The zero-order valence-electron chi connectivity index (χ0n) is 15.6. The highest BCUT2D eigenvalue weighted by molar-refractivity contribution is 5.95. The molecule has 0 bridgehead atoms. The average molecular weight is 360 g/mol. The molecule has 1 amide bonds. The largest absolute Gasteiger partial charge is 0.350 e. The highest BCUT2D eigenvalue weighted by Gasteiger charge is 2.22. The van der Waals surface area contributed by atoms with Crippen LogP contribution in [-0.4, -0.2) is 27.2 Å². The first-order chi connectivity index (χ1) is 13.2. The van der Waals surface area contributed by atoms with Crippen molar-refractivity contribution in [2.45, 2.75) is 39.2 Å². The molecule has 2 heterocycles. The summed E-state index contributed by atoms with van der Waals surface area (Å²) in [5.41, 5.74) is 6.27. The second-order valence-electron chi connectivity index (χ2n) is 6.99. The lowest BCUT2D eigenvalue weighted by Gasteiger charge is -2.14. The van der Waals surface area contributed by atoms with Crippen LogP contribution in [0.1, 0.15) is 40.0 Å². The minimum absolute atomic E-state index is 0.0286. The van der Waals surface area contributed by atoms with Gasteiger partial charge in [-0.05, 0) is 56.4 Å². The van der Waals surface area contributed by atoms with E-state index in [1.54, 1.807) is 0 Å². The van der Waals surface area contributed by atoms with Crippen LogP contribution in [0.25, 0.3) is 11.4 Å². The Hall–Kier alpha value is -2.95. The third-order valence-corrected chi connectivity index (χ3v) is 5.16. The molecule has 2 aromatic heterocycles. The van der Waals surface area contributed by atoms with E-state index in [1.807, 2.05) is 55.6 Å². The smallest absolute Gasteiger partial charge is 0.251 e. The molecule has 0 saturated carbocycles. The number of carbonyl (C=O) groups is 1. The number of nitrogens with one attached hydrogen (secondary N) is 1. The van der Waals surface area contributed by atoms with Gasteiger partial charge in [0.2, 0.25) is 0 Å². The predicted octanol–water partition coefficient (Wildman–Crippen LogP) is 3.56. The highest BCUT2D eigenvalue weighted by atomic mass is 16.1. The number of hydrogen-bond donors (Lipinski definition) is 1. The van der Waals surface area contributed by atoms with Gasteiger partial charge >= 0.3 is 0 Å². The molecule has 0 aliphatic heterocycles. The zero-order chi connectivity index (χ0) is 18.6. The maximum Gasteiger partial charge on any atom is 0.251 e. The van der Waals surface area contributed by atoms with Gasteiger partial charge in [0, 0.05) is 29.6 Å². The second kappa shape index (κ2) is 7.74. The Morgan fingerprint density at radius 1 is 1.11 bits per heavy atom. The van der Waals surface area contributed by atoms with Crippen LogP contribution >= 0.6 is 0 Å². The van der Waals surface area contributed by atoms with Gasteiger partial charge in [-0.2, -0.15) is 5.10 Å². The Morgan fingerprint density at radius 3 is 2.74 bits per heavy atom. The quantitative estimate of drug-likeness (QED) is 0.757. The van der Waals surface area contributed by atoms with Crippen LogP contribution in [-0.2, 0) is 19.4 Å². The number of carbonyl (C=O) groups excluding carboxylic acids is 1. The summed E-state index contributed by atoms with van der Waals surface area (Å²) in [5, 5.41) is 7.88. The third kappa shape index (κ3) is 3.63. The third-order valence-electron chi connectivity index (χ3n) is 5.16. The van der Waals surface area contributed by atoms with Crippen molar-refractivity contribution in [2.24, 2.45) is 0 Å². The maximum absolute atomic E-state index is 12.4. The summed E-state index contributed by atoms with van der Waals surface area (Å²) in [5.74, 6) is -0.0286. The molecule has 3 aromatic rings. The van der Waals surface area contributed by atoms with Gasteiger partial charge in [-0.15, -0.1) is 0 Å². The number of aryl methyl sites for hydroxylation is 1. The minimum atomic E-state index is -0.0286. The van der Waals surface area contributed by atoms with E-state index in [0.717, 1.165) is 35.4 Å². The summed E-state index contributed by atoms with van der Waals surface area (Å²) in [4.78, 5) is 16.9. The topological polar surface area (TPSA) is 59.8 Å². The molecular weight excluding hydrogens is 336 g/mol. The molecule has 0 radical (unpaired) electrons. The fourth-order valence-corrected chi connectivity index (χ4v) is 3.76. The van der Waals surface area contributed by atoms with E-state index in [0.29, 0.717) is 13.1 Å². The van der Waals surface area contributed by atoms with Crippen molar-refractivity contribution in [3.8, 4) is 11.4 Å². The van der Waals surface area contributed by atoms with Gasteiger partial charge in [0.1, 0.15) is 5.69 Å². The number of pyridine rings is 1. The normalized spacial score (nSPS) is 13.2. The van der Waals surface area contributed by atoms with E-state index in [1.165, 1.54) is 24.1 Å². The molecule has 0 atom stereocenters. The van der Waals surface area contributed by atoms with Crippen molar-refractivity contribution < 1.29 is 4.79 Å². The monoisotopic (exact) mass is 360 g/mol. The lowest BCUT2D eigenvalue weighted by atomic mass is 9.95. The van der Waals surface area contributed by atoms with Gasteiger partial charge in [0.15, 0.2) is 0 Å². The fraction of sp³-hybridized carbons (Fsp3) is 0.318. The first kappa shape index (κ1) is 17.5. The number of aromatic nitrogens is 3. The van der Waals surface area contributed by atoms with E-state index >= 15 is 0 Å². The molecule has 1 aliphatic carbocycles. The summed E-state index contributed by atoms with van der Waals surface area (Å²) in [6.45, 7) is 3.19. The van der Waals surface area contributed by atoms with Crippen molar-refractivity contribution in [2.75, 3.05) is 6.54 Å². The Bertz CT molecular complexity index is 946. The molecule has 1 N–H and O–H groups in total. The average Bonchev–Trinajstić information content (AvgIpc) is 3.08. The molecule has 27 heavy (non-hydrogen) atoms. The lowest BCUT2D eigenvalue weighted by Crippen LogP contribution is -2.28. The first-order valence-electron chi connectivity index (χ1n) is 9.58.